The smallest absolute Gasteiger partial charge is 0.316 e. The van der Waals surface area contributed by atoms with Gasteiger partial charge in [0, 0.05) is 49.8 Å². The highest BCUT2D eigenvalue weighted by molar-refractivity contribution is 6.44. The fourth-order valence-corrected chi connectivity index (χ4v) is 3.18. The van der Waals surface area contributed by atoms with Crippen molar-refractivity contribution in [2.24, 2.45) is 0 Å². The molecule has 1 N–H and O–H groups in total. The van der Waals surface area contributed by atoms with Gasteiger partial charge in [-0.25, -0.2) is 0 Å². The van der Waals surface area contributed by atoms with Crippen LogP contribution in [0.15, 0.2) is 54.6 Å². The van der Waals surface area contributed by atoms with Crippen LogP contribution in [-0.4, -0.2) is 56.5 Å². The summed E-state index contributed by atoms with van der Waals surface area (Å²) in [7, 11) is 2.13. The van der Waals surface area contributed by atoms with Crippen LogP contribution < -0.4 is 15.1 Å². The fourth-order valence-electron chi connectivity index (χ4n) is 3.18. The minimum Gasteiger partial charge on any atom is -0.369 e. The molecule has 0 atom stereocenters. The summed E-state index contributed by atoms with van der Waals surface area (Å²) in [5, 5.41) is 2.71. The number of likely N-dealkylation sites (N-methyl/N-ethyl adjacent to an activating group) is 2. The molecule has 0 aromatic heterocycles. The molecule has 2 aromatic carbocycles. The summed E-state index contributed by atoms with van der Waals surface area (Å²) in [6.07, 6.45) is 0. The number of anilines is 3. The summed E-state index contributed by atoms with van der Waals surface area (Å²) in [5.74, 6) is -1.19. The van der Waals surface area contributed by atoms with Gasteiger partial charge in [-0.15, -0.1) is 0 Å². The summed E-state index contributed by atoms with van der Waals surface area (Å²) < 4.78 is 0. The van der Waals surface area contributed by atoms with E-state index < -0.39 is 11.8 Å². The Kier molecular flexibility index (Phi) is 6.08. The number of carbonyl (C=O) groups excluding carboxylic acids is 2. The molecule has 0 aliphatic carbocycles. The average Bonchev–Trinajstić information content (AvgIpc) is 2.70. The van der Waals surface area contributed by atoms with Crippen LogP contribution in [0.25, 0.3) is 0 Å². The summed E-state index contributed by atoms with van der Waals surface area (Å²) in [6.45, 7) is 6.34. The average molecular weight is 366 g/mol. The van der Waals surface area contributed by atoms with Gasteiger partial charge in [-0.2, -0.15) is 0 Å². The number of rotatable bonds is 4. The van der Waals surface area contributed by atoms with Crippen molar-refractivity contribution in [2.45, 2.75) is 6.92 Å². The molecule has 0 radical (unpaired) electrons. The SMILES string of the molecule is CCN(C(=O)C(=O)Nc1ccc(N2CCN(C)CC2)cc1)c1ccccc1. The maximum atomic E-state index is 12.5. The number of amides is 2. The molecule has 1 fully saturated rings. The van der Waals surface area contributed by atoms with Crippen molar-refractivity contribution in [3.05, 3.63) is 54.6 Å². The Hall–Kier alpha value is -2.86. The second kappa shape index (κ2) is 8.68. The standard InChI is InChI=1S/C21H26N4O2/c1-3-25(19-7-5-4-6-8-19)21(27)20(26)22-17-9-11-18(12-10-17)24-15-13-23(2)14-16-24/h4-12H,3,13-16H2,1-2H3,(H,22,26). The normalized spacial score (nSPS) is 14.7. The van der Waals surface area contributed by atoms with Gasteiger partial charge >= 0.3 is 11.8 Å². The van der Waals surface area contributed by atoms with Crippen LogP contribution in [0, 0.1) is 0 Å². The van der Waals surface area contributed by atoms with Crippen LogP contribution in [0.3, 0.4) is 0 Å². The molecule has 1 heterocycles. The van der Waals surface area contributed by atoms with E-state index in [1.807, 2.05) is 61.5 Å². The second-order valence-electron chi connectivity index (χ2n) is 6.68. The third-order valence-electron chi connectivity index (χ3n) is 4.82. The first kappa shape index (κ1) is 18.9. The molecule has 1 aliphatic rings. The minimum atomic E-state index is -0.631. The Morgan fingerprint density at radius 1 is 0.963 bits per heavy atom. The van der Waals surface area contributed by atoms with Gasteiger partial charge in [0.15, 0.2) is 0 Å². The Balaban J connectivity index is 1.62. The number of piperazine rings is 1. The zero-order valence-electron chi connectivity index (χ0n) is 15.9. The van der Waals surface area contributed by atoms with E-state index in [9.17, 15) is 9.59 Å². The zero-order chi connectivity index (χ0) is 19.2. The van der Waals surface area contributed by atoms with Crippen LogP contribution >= 0.6 is 0 Å². The van der Waals surface area contributed by atoms with Gasteiger partial charge in [0.05, 0.1) is 0 Å². The first-order valence-electron chi connectivity index (χ1n) is 9.30. The van der Waals surface area contributed by atoms with E-state index in [0.29, 0.717) is 17.9 Å². The third kappa shape index (κ3) is 4.65. The van der Waals surface area contributed by atoms with E-state index in [1.165, 1.54) is 4.90 Å². The van der Waals surface area contributed by atoms with Gasteiger partial charge in [0.1, 0.15) is 0 Å². The number of nitrogens with zero attached hydrogens (tertiary/aromatic N) is 3. The molecular weight excluding hydrogens is 340 g/mol. The predicted octanol–water partition coefficient (Wildman–Crippen LogP) is 2.43. The summed E-state index contributed by atoms with van der Waals surface area (Å²) in [4.78, 5) is 31.0. The number of para-hydroxylation sites is 1. The first-order chi connectivity index (χ1) is 13.1. The van der Waals surface area contributed by atoms with Gasteiger partial charge in [-0.3, -0.25) is 9.59 Å². The summed E-state index contributed by atoms with van der Waals surface area (Å²) in [5.41, 5.74) is 2.47. The van der Waals surface area contributed by atoms with Gasteiger partial charge in [0.25, 0.3) is 0 Å². The van der Waals surface area contributed by atoms with Crippen molar-refractivity contribution in [3.8, 4) is 0 Å². The van der Waals surface area contributed by atoms with E-state index in [4.69, 9.17) is 0 Å². The monoisotopic (exact) mass is 366 g/mol. The van der Waals surface area contributed by atoms with Crippen LogP contribution in [0.4, 0.5) is 17.1 Å². The molecule has 1 saturated heterocycles. The van der Waals surface area contributed by atoms with Crippen LogP contribution in [0.2, 0.25) is 0 Å². The molecule has 2 amide bonds. The molecule has 27 heavy (non-hydrogen) atoms. The maximum Gasteiger partial charge on any atom is 0.316 e. The quantitative estimate of drug-likeness (QED) is 0.845. The third-order valence-corrected chi connectivity index (χ3v) is 4.82. The molecule has 2 aromatic rings. The summed E-state index contributed by atoms with van der Waals surface area (Å²) >= 11 is 0. The molecule has 0 bridgehead atoms. The first-order valence-corrected chi connectivity index (χ1v) is 9.30. The number of carbonyl (C=O) groups is 2. The Morgan fingerprint density at radius 2 is 1.59 bits per heavy atom. The highest BCUT2D eigenvalue weighted by Gasteiger charge is 2.22. The molecule has 6 nitrogen and oxygen atoms in total. The number of benzene rings is 2. The molecule has 0 spiro atoms. The molecule has 3 rings (SSSR count). The summed E-state index contributed by atoms with van der Waals surface area (Å²) in [6, 6.07) is 16.9. The van der Waals surface area contributed by atoms with E-state index in [-0.39, 0.29) is 0 Å². The molecule has 0 unspecified atom stereocenters. The van der Waals surface area contributed by atoms with Crippen LogP contribution in [0.5, 0.6) is 0 Å². The van der Waals surface area contributed by atoms with Gasteiger partial charge < -0.3 is 20.0 Å². The van der Waals surface area contributed by atoms with Crippen molar-refractivity contribution in [1.29, 1.82) is 0 Å². The van der Waals surface area contributed by atoms with E-state index in [1.54, 1.807) is 0 Å². The molecule has 142 valence electrons. The number of hydrogen-bond acceptors (Lipinski definition) is 4. The number of nitrogens with one attached hydrogen (secondary N) is 1. The van der Waals surface area contributed by atoms with Crippen molar-refractivity contribution in [1.82, 2.24) is 4.90 Å². The van der Waals surface area contributed by atoms with Crippen molar-refractivity contribution in [3.63, 3.8) is 0 Å². The van der Waals surface area contributed by atoms with Crippen LogP contribution in [0.1, 0.15) is 6.92 Å². The van der Waals surface area contributed by atoms with E-state index in [0.717, 1.165) is 31.9 Å². The highest BCUT2D eigenvalue weighted by Crippen LogP contribution is 2.20. The second-order valence-corrected chi connectivity index (χ2v) is 6.68. The van der Waals surface area contributed by atoms with Gasteiger partial charge in [-0.05, 0) is 50.4 Å². The van der Waals surface area contributed by atoms with Crippen molar-refractivity contribution >= 4 is 28.9 Å². The lowest BCUT2D eigenvalue weighted by molar-refractivity contribution is -0.134. The van der Waals surface area contributed by atoms with Crippen molar-refractivity contribution < 1.29 is 9.59 Å². The number of hydrogen-bond donors (Lipinski definition) is 1. The lowest BCUT2D eigenvalue weighted by atomic mass is 10.2. The lowest BCUT2D eigenvalue weighted by Crippen LogP contribution is -2.44. The predicted molar refractivity (Wildman–Crippen MR) is 109 cm³/mol. The van der Waals surface area contributed by atoms with E-state index in [2.05, 4.69) is 22.2 Å². The molecule has 1 aliphatic heterocycles. The minimum absolute atomic E-state index is 0.429. The van der Waals surface area contributed by atoms with Gasteiger partial charge in [-0.1, -0.05) is 18.2 Å². The fraction of sp³-hybridized carbons (Fsp3) is 0.333. The lowest BCUT2D eigenvalue weighted by Gasteiger charge is -2.34. The van der Waals surface area contributed by atoms with Crippen LogP contribution in [-0.2, 0) is 9.59 Å². The van der Waals surface area contributed by atoms with E-state index >= 15 is 0 Å². The largest absolute Gasteiger partial charge is 0.369 e. The topological polar surface area (TPSA) is 55.9 Å². The zero-order valence-corrected chi connectivity index (χ0v) is 15.9. The van der Waals surface area contributed by atoms with Gasteiger partial charge in [0.2, 0.25) is 0 Å². The molecule has 6 heteroatoms. The molecule has 0 saturated carbocycles. The molecular formula is C21H26N4O2. The van der Waals surface area contributed by atoms with Crippen molar-refractivity contribution in [2.75, 3.05) is 54.9 Å². The highest BCUT2D eigenvalue weighted by atomic mass is 16.2. The maximum absolute atomic E-state index is 12.5. The Labute approximate surface area is 160 Å². The Bertz CT molecular complexity index is 769. The Morgan fingerprint density at radius 3 is 2.19 bits per heavy atom.